The molecule has 3 aromatic carbocycles. The number of benzene rings is 3. The van der Waals surface area contributed by atoms with Crippen molar-refractivity contribution in [2.24, 2.45) is 10.2 Å². The molecule has 8 nitrogen and oxygen atoms in total. The van der Waals surface area contributed by atoms with Crippen molar-refractivity contribution in [1.82, 2.24) is 14.5 Å². The fourth-order valence-electron chi connectivity index (χ4n) is 3.83. The summed E-state index contributed by atoms with van der Waals surface area (Å²) >= 11 is 1.07. The van der Waals surface area contributed by atoms with Crippen molar-refractivity contribution in [2.75, 3.05) is 5.75 Å². The highest BCUT2D eigenvalue weighted by atomic mass is 32.2. The molecule has 0 fully saturated rings. The number of halogens is 1. The maximum absolute atomic E-state index is 13.6. The first kappa shape index (κ1) is 23.4. The number of aromatic amines is 1. The number of hydrogen-bond acceptors (Lipinski definition) is 6. The Kier molecular flexibility index (Phi) is 6.34. The van der Waals surface area contributed by atoms with Gasteiger partial charge in [-0.25, -0.2) is 9.37 Å². The Labute approximate surface area is 208 Å². The molecule has 1 amide bonds. The molecule has 36 heavy (non-hydrogen) atoms. The van der Waals surface area contributed by atoms with Crippen LogP contribution in [0.2, 0.25) is 0 Å². The fourth-order valence-corrected chi connectivity index (χ4v) is 4.60. The van der Waals surface area contributed by atoms with Crippen molar-refractivity contribution in [3.05, 3.63) is 94.0 Å². The molecular weight excluding hydrogens is 481 g/mol. The number of thioether (sulfide) groups is 1. The molecule has 0 saturated heterocycles. The van der Waals surface area contributed by atoms with E-state index in [0.717, 1.165) is 22.9 Å². The number of fused-ring (bicyclic) bond motifs is 2. The lowest BCUT2D eigenvalue weighted by molar-refractivity contribution is -0.115. The summed E-state index contributed by atoms with van der Waals surface area (Å²) < 4.78 is 15.2. The van der Waals surface area contributed by atoms with E-state index >= 15 is 0 Å². The van der Waals surface area contributed by atoms with Gasteiger partial charge in [0.1, 0.15) is 5.82 Å². The minimum atomic E-state index is -0.602. The number of nitrogens with zero attached hydrogens (tertiary/aromatic N) is 4. The smallest absolute Gasteiger partial charge is 0.275 e. The summed E-state index contributed by atoms with van der Waals surface area (Å²) in [5.41, 5.74) is 2.65. The Morgan fingerprint density at radius 2 is 1.92 bits per heavy atom. The van der Waals surface area contributed by atoms with Crippen LogP contribution < -0.4 is 5.56 Å². The molecule has 180 valence electrons. The summed E-state index contributed by atoms with van der Waals surface area (Å²) in [5, 5.41) is 18.8. The van der Waals surface area contributed by atoms with Crippen molar-refractivity contribution < 1.29 is 14.3 Å². The number of carbonyl (C=O) groups excluding carboxylic acids is 1. The average molecular weight is 502 g/mol. The van der Waals surface area contributed by atoms with Crippen LogP contribution in [0, 0.1) is 12.7 Å². The van der Waals surface area contributed by atoms with Gasteiger partial charge in [0.05, 0.1) is 28.7 Å². The van der Waals surface area contributed by atoms with Gasteiger partial charge in [-0.05, 0) is 42.8 Å². The van der Waals surface area contributed by atoms with Gasteiger partial charge >= 0.3 is 0 Å². The third-order valence-electron chi connectivity index (χ3n) is 5.56. The Balaban J connectivity index is 1.43. The van der Waals surface area contributed by atoms with Gasteiger partial charge in [0.15, 0.2) is 10.8 Å². The van der Waals surface area contributed by atoms with Crippen LogP contribution in [0.5, 0.6) is 5.88 Å². The molecule has 0 radical (unpaired) electrons. The van der Waals surface area contributed by atoms with Crippen LogP contribution in [-0.2, 0) is 11.3 Å². The van der Waals surface area contributed by atoms with Crippen molar-refractivity contribution in [1.29, 1.82) is 0 Å². The minimum Gasteiger partial charge on any atom is -0.493 e. The molecule has 0 aliphatic rings. The molecule has 0 aliphatic heterocycles. The highest BCUT2D eigenvalue weighted by Crippen LogP contribution is 2.35. The quantitative estimate of drug-likeness (QED) is 0.182. The molecule has 0 aliphatic carbocycles. The van der Waals surface area contributed by atoms with Gasteiger partial charge in [0.2, 0.25) is 5.88 Å². The molecule has 10 heteroatoms. The standard InChI is InChI=1S/C26H20FN5O3S/c1-15-7-9-21-19(11-15)25(35)32(13-16-5-3-2-4-6-16)26(29-21)36-14-22(33)30-31-23-18-12-17(27)8-10-20(18)28-24(23)34/h2-12,28,34H,13-14H2,1H3. The Morgan fingerprint density at radius 3 is 2.72 bits per heavy atom. The predicted octanol–water partition coefficient (Wildman–Crippen LogP) is 5.48. The molecule has 5 rings (SSSR count). The second-order valence-corrected chi connectivity index (χ2v) is 9.13. The van der Waals surface area contributed by atoms with E-state index < -0.39 is 11.7 Å². The fraction of sp³-hybridized carbons (Fsp3) is 0.115. The van der Waals surface area contributed by atoms with Crippen LogP contribution in [0.3, 0.4) is 0 Å². The van der Waals surface area contributed by atoms with E-state index in [9.17, 15) is 19.1 Å². The van der Waals surface area contributed by atoms with Gasteiger partial charge in [0.25, 0.3) is 11.5 Å². The predicted molar refractivity (Wildman–Crippen MR) is 136 cm³/mol. The number of rotatable bonds is 6. The summed E-state index contributed by atoms with van der Waals surface area (Å²) in [6.45, 7) is 2.20. The van der Waals surface area contributed by atoms with Crippen molar-refractivity contribution in [3.8, 4) is 5.88 Å². The van der Waals surface area contributed by atoms with E-state index in [1.165, 1.54) is 18.2 Å². The average Bonchev–Trinajstić information content (AvgIpc) is 3.18. The number of amides is 1. The number of aryl methyl sites for hydroxylation is 1. The number of aromatic nitrogens is 3. The number of carbonyl (C=O) groups is 1. The summed E-state index contributed by atoms with van der Waals surface area (Å²) in [4.78, 5) is 33.2. The van der Waals surface area contributed by atoms with Crippen molar-refractivity contribution >= 4 is 45.2 Å². The van der Waals surface area contributed by atoms with Crippen LogP contribution in [0.4, 0.5) is 10.1 Å². The number of nitrogens with one attached hydrogen (secondary N) is 1. The van der Waals surface area contributed by atoms with Crippen LogP contribution in [0.1, 0.15) is 11.1 Å². The monoisotopic (exact) mass is 501 g/mol. The van der Waals surface area contributed by atoms with Gasteiger partial charge in [-0.15, -0.1) is 10.2 Å². The minimum absolute atomic E-state index is 0.0250. The zero-order valence-corrected chi connectivity index (χ0v) is 19.9. The van der Waals surface area contributed by atoms with Crippen molar-refractivity contribution in [2.45, 2.75) is 18.6 Å². The van der Waals surface area contributed by atoms with Gasteiger partial charge in [-0.1, -0.05) is 53.7 Å². The molecule has 0 spiro atoms. The molecule has 0 saturated carbocycles. The summed E-state index contributed by atoms with van der Waals surface area (Å²) in [7, 11) is 0. The first-order valence-corrected chi connectivity index (χ1v) is 12.0. The summed E-state index contributed by atoms with van der Waals surface area (Å²) in [6.07, 6.45) is 0. The second kappa shape index (κ2) is 9.74. The molecule has 2 N–H and O–H groups in total. The number of hydrogen-bond donors (Lipinski definition) is 2. The molecule has 0 unspecified atom stereocenters. The summed E-state index contributed by atoms with van der Waals surface area (Å²) in [6, 6.07) is 18.9. The van der Waals surface area contributed by atoms with Crippen molar-refractivity contribution in [3.63, 3.8) is 0 Å². The van der Waals surface area contributed by atoms with E-state index in [1.807, 2.05) is 43.3 Å². The highest BCUT2D eigenvalue weighted by molar-refractivity contribution is 7.99. The normalized spacial score (nSPS) is 11.6. The first-order valence-electron chi connectivity index (χ1n) is 11.0. The molecule has 5 aromatic rings. The Bertz CT molecular complexity index is 1700. The lowest BCUT2D eigenvalue weighted by Crippen LogP contribution is -2.24. The van der Waals surface area contributed by atoms with E-state index in [0.29, 0.717) is 33.5 Å². The SMILES string of the molecule is Cc1ccc2nc(SCC(=O)N=Nc3c(O)[nH]c4ccc(F)cc34)n(Cc3ccccc3)c(=O)c2c1. The van der Waals surface area contributed by atoms with Gasteiger partial charge in [-0.3, -0.25) is 14.2 Å². The third-order valence-corrected chi connectivity index (χ3v) is 6.52. The Hall–Kier alpha value is -4.31. The number of aromatic hydroxyl groups is 1. The molecule has 2 heterocycles. The maximum Gasteiger partial charge on any atom is 0.275 e. The van der Waals surface area contributed by atoms with Gasteiger partial charge in [0, 0.05) is 5.39 Å². The topological polar surface area (TPSA) is 113 Å². The highest BCUT2D eigenvalue weighted by Gasteiger charge is 2.15. The van der Waals surface area contributed by atoms with E-state index in [4.69, 9.17) is 0 Å². The molecular formula is C26H20FN5O3S. The Morgan fingerprint density at radius 1 is 1.11 bits per heavy atom. The van der Waals surface area contributed by atoms with E-state index in [1.54, 1.807) is 16.7 Å². The number of H-pyrrole nitrogens is 1. The van der Waals surface area contributed by atoms with Gasteiger partial charge < -0.3 is 10.1 Å². The van der Waals surface area contributed by atoms with Crippen LogP contribution >= 0.6 is 11.8 Å². The van der Waals surface area contributed by atoms with E-state index in [-0.39, 0.29) is 22.9 Å². The first-order chi connectivity index (χ1) is 17.4. The van der Waals surface area contributed by atoms with Gasteiger partial charge in [-0.2, -0.15) is 0 Å². The summed E-state index contributed by atoms with van der Waals surface area (Å²) in [5.74, 6) is -1.56. The zero-order valence-electron chi connectivity index (χ0n) is 19.1. The largest absolute Gasteiger partial charge is 0.493 e. The van der Waals surface area contributed by atoms with Crippen LogP contribution in [0.25, 0.3) is 21.8 Å². The maximum atomic E-state index is 13.6. The molecule has 2 aromatic heterocycles. The second-order valence-electron chi connectivity index (χ2n) is 8.19. The van der Waals surface area contributed by atoms with Crippen LogP contribution in [0.15, 0.2) is 86.9 Å². The van der Waals surface area contributed by atoms with E-state index in [2.05, 4.69) is 20.2 Å². The third kappa shape index (κ3) is 4.76. The number of azo groups is 1. The lowest BCUT2D eigenvalue weighted by Gasteiger charge is -2.13. The zero-order chi connectivity index (χ0) is 25.2. The molecule has 0 bridgehead atoms. The lowest BCUT2D eigenvalue weighted by atomic mass is 10.1. The van der Waals surface area contributed by atoms with Crippen LogP contribution in [-0.4, -0.2) is 31.3 Å². The molecule has 0 atom stereocenters.